The summed E-state index contributed by atoms with van der Waals surface area (Å²) in [5.41, 5.74) is 5.50. The Bertz CT molecular complexity index is 1060. The monoisotopic (exact) mass is 783 g/mol. The van der Waals surface area contributed by atoms with E-state index < -0.39 is 12.0 Å². The number of allylic oxidation sites excluding steroid dienone is 9. The normalized spacial score (nSPS) is 13.2. The van der Waals surface area contributed by atoms with Crippen LogP contribution in [0, 0.1) is 0 Å². The van der Waals surface area contributed by atoms with Crippen LogP contribution in [0.5, 0.6) is 0 Å². The molecule has 7 heteroatoms. The molecule has 4 N–H and O–H groups in total. The van der Waals surface area contributed by atoms with Crippen LogP contribution in [0.3, 0.4) is 0 Å². The maximum Gasteiger partial charge on any atom is 0.326 e. The first kappa shape index (κ1) is 53.1. The number of unbranched alkanes of at least 4 members (excludes halogenated alkanes) is 19. The molecule has 0 rings (SSSR count). The molecule has 0 saturated carbocycles. The lowest BCUT2D eigenvalue weighted by Crippen LogP contribution is -2.40. The summed E-state index contributed by atoms with van der Waals surface area (Å²) in [6, 6.07) is -0.912. The molecule has 0 heterocycles. The van der Waals surface area contributed by atoms with Gasteiger partial charge in [0.2, 0.25) is 5.91 Å². The minimum absolute atomic E-state index is 0.162. The highest BCUT2D eigenvalue weighted by molar-refractivity contribution is 5.83. The number of carboxylic acid groups (broad SMARTS) is 1. The van der Waals surface area contributed by atoms with Crippen LogP contribution >= 0.6 is 0 Å². The Balaban J connectivity index is 4.41. The van der Waals surface area contributed by atoms with E-state index in [1.165, 1.54) is 109 Å². The molecular formula is C49H86N2O5. The van der Waals surface area contributed by atoms with Crippen molar-refractivity contribution in [3.05, 3.63) is 60.8 Å². The molecule has 0 aliphatic heterocycles. The number of rotatable bonds is 41. The summed E-state index contributed by atoms with van der Waals surface area (Å²) in [5.74, 6) is -1.48. The standard InChI is InChI=1S/C49H86N2O5/c1-3-5-7-9-11-13-15-17-19-20-21-22-23-25-27-29-31-33-35-43-48(53)56-45(40-36-37-42-47(52)51-46(49(54)55)41-38-44-50)39-34-32-30-28-26-24-18-16-14-12-10-8-6-4-2/h6,8,12,14,18,24,28,30,34,39,45-46H,3-5,7,9-11,13,15-17,19-23,25-27,29,31-33,35-38,40-44,50H2,1-2H3,(H,51,52)(H,54,55)/b8-6-,14-12-,24-18-,30-28-,39-34-. The zero-order valence-electron chi connectivity index (χ0n) is 36.2. The molecule has 0 aromatic rings. The van der Waals surface area contributed by atoms with Gasteiger partial charge in [-0.15, -0.1) is 0 Å². The third-order valence-electron chi connectivity index (χ3n) is 10.1. The number of hydrogen-bond acceptors (Lipinski definition) is 5. The van der Waals surface area contributed by atoms with Crippen LogP contribution in [0.15, 0.2) is 60.8 Å². The molecule has 0 fully saturated rings. The van der Waals surface area contributed by atoms with Gasteiger partial charge in [0.25, 0.3) is 0 Å². The Labute approximate surface area is 344 Å². The van der Waals surface area contributed by atoms with Crippen molar-refractivity contribution in [1.82, 2.24) is 5.32 Å². The van der Waals surface area contributed by atoms with E-state index in [9.17, 15) is 19.5 Å². The van der Waals surface area contributed by atoms with E-state index in [0.717, 1.165) is 44.9 Å². The van der Waals surface area contributed by atoms with Gasteiger partial charge in [-0.05, 0) is 83.2 Å². The summed E-state index contributed by atoms with van der Waals surface area (Å²) in [6.45, 7) is 4.81. The molecule has 2 unspecified atom stereocenters. The Morgan fingerprint density at radius 3 is 1.41 bits per heavy atom. The van der Waals surface area contributed by atoms with Gasteiger partial charge >= 0.3 is 11.9 Å². The van der Waals surface area contributed by atoms with Crippen LogP contribution in [0.1, 0.15) is 213 Å². The largest absolute Gasteiger partial charge is 0.480 e. The van der Waals surface area contributed by atoms with Crippen molar-refractivity contribution in [2.75, 3.05) is 6.54 Å². The Hall–Kier alpha value is -2.93. The summed E-state index contributed by atoms with van der Waals surface area (Å²) in [5, 5.41) is 12.0. The fraction of sp³-hybridized carbons (Fsp3) is 0.735. The summed E-state index contributed by atoms with van der Waals surface area (Å²) in [4.78, 5) is 36.6. The van der Waals surface area contributed by atoms with Crippen LogP contribution in [-0.2, 0) is 19.1 Å². The van der Waals surface area contributed by atoms with Crippen molar-refractivity contribution >= 4 is 17.8 Å². The van der Waals surface area contributed by atoms with Gasteiger partial charge in [0.1, 0.15) is 12.1 Å². The van der Waals surface area contributed by atoms with Gasteiger partial charge in [0, 0.05) is 12.8 Å². The molecule has 0 aliphatic rings. The quantitative estimate of drug-likeness (QED) is 0.0323. The van der Waals surface area contributed by atoms with Crippen molar-refractivity contribution in [2.24, 2.45) is 5.73 Å². The van der Waals surface area contributed by atoms with E-state index in [-0.39, 0.29) is 24.4 Å². The van der Waals surface area contributed by atoms with Crippen molar-refractivity contribution in [2.45, 2.75) is 225 Å². The Kier molecular flexibility index (Phi) is 40.9. The molecule has 0 aromatic heterocycles. The number of esters is 1. The first-order chi connectivity index (χ1) is 27.4. The lowest BCUT2D eigenvalue weighted by Gasteiger charge is -2.16. The van der Waals surface area contributed by atoms with Crippen molar-refractivity contribution in [3.63, 3.8) is 0 Å². The van der Waals surface area contributed by atoms with Gasteiger partial charge in [0.15, 0.2) is 0 Å². The Morgan fingerprint density at radius 2 is 0.964 bits per heavy atom. The van der Waals surface area contributed by atoms with Crippen LogP contribution in [0.2, 0.25) is 0 Å². The maximum atomic E-state index is 12.8. The second kappa shape index (κ2) is 43.2. The van der Waals surface area contributed by atoms with Crippen LogP contribution < -0.4 is 11.1 Å². The SMILES string of the molecule is CC/C=C\C/C=C\C/C=C\C/C=C\C/C=C\C(CCCCC(=O)NC(CCCN)C(=O)O)OC(=O)CCCCCCCCCCCCCCCCCCCCC. The van der Waals surface area contributed by atoms with Crippen LogP contribution in [-0.4, -0.2) is 41.6 Å². The summed E-state index contributed by atoms with van der Waals surface area (Å²) < 4.78 is 5.89. The highest BCUT2D eigenvalue weighted by Gasteiger charge is 2.19. The molecule has 1 amide bonds. The minimum atomic E-state index is -1.04. The Morgan fingerprint density at radius 1 is 0.536 bits per heavy atom. The number of aliphatic carboxylic acids is 1. The van der Waals surface area contributed by atoms with Crippen molar-refractivity contribution in [3.8, 4) is 0 Å². The molecule has 322 valence electrons. The van der Waals surface area contributed by atoms with Gasteiger partial charge in [-0.3, -0.25) is 9.59 Å². The van der Waals surface area contributed by atoms with Crippen LogP contribution in [0.4, 0.5) is 0 Å². The summed E-state index contributed by atoms with van der Waals surface area (Å²) >= 11 is 0. The van der Waals surface area contributed by atoms with E-state index in [1.807, 2.05) is 12.2 Å². The average Bonchev–Trinajstić information content (AvgIpc) is 3.18. The van der Waals surface area contributed by atoms with Gasteiger partial charge < -0.3 is 20.9 Å². The maximum absolute atomic E-state index is 12.8. The molecule has 0 radical (unpaired) electrons. The average molecular weight is 783 g/mol. The highest BCUT2D eigenvalue weighted by Crippen LogP contribution is 2.16. The summed E-state index contributed by atoms with van der Waals surface area (Å²) in [7, 11) is 0. The van der Waals surface area contributed by atoms with Crippen LogP contribution in [0.25, 0.3) is 0 Å². The first-order valence-electron chi connectivity index (χ1n) is 23.1. The molecule has 2 atom stereocenters. The predicted molar refractivity (Wildman–Crippen MR) is 239 cm³/mol. The molecular weight excluding hydrogens is 697 g/mol. The lowest BCUT2D eigenvalue weighted by molar-refractivity contribution is -0.147. The molecule has 0 spiro atoms. The number of nitrogens with two attached hydrogens (primary N) is 1. The molecule has 56 heavy (non-hydrogen) atoms. The third kappa shape index (κ3) is 39.3. The minimum Gasteiger partial charge on any atom is -0.480 e. The predicted octanol–water partition coefficient (Wildman–Crippen LogP) is 13.3. The number of ether oxygens (including phenoxy) is 1. The molecule has 7 nitrogen and oxygen atoms in total. The van der Waals surface area contributed by atoms with Gasteiger partial charge in [-0.25, -0.2) is 4.79 Å². The number of amides is 1. The first-order valence-corrected chi connectivity index (χ1v) is 23.1. The van der Waals surface area contributed by atoms with E-state index >= 15 is 0 Å². The molecule has 0 bridgehead atoms. The van der Waals surface area contributed by atoms with Gasteiger partial charge in [0.05, 0.1) is 0 Å². The fourth-order valence-corrected chi connectivity index (χ4v) is 6.63. The number of carbonyl (C=O) groups excluding carboxylic acids is 2. The zero-order valence-corrected chi connectivity index (χ0v) is 36.2. The number of nitrogens with one attached hydrogen (secondary N) is 1. The second-order valence-corrected chi connectivity index (χ2v) is 15.4. The van der Waals surface area contributed by atoms with E-state index in [2.05, 4.69) is 67.8 Å². The highest BCUT2D eigenvalue weighted by atomic mass is 16.5. The topological polar surface area (TPSA) is 119 Å². The number of carboxylic acids is 1. The van der Waals surface area contributed by atoms with Gasteiger partial charge in [-0.1, -0.05) is 184 Å². The van der Waals surface area contributed by atoms with Gasteiger partial charge in [-0.2, -0.15) is 0 Å². The third-order valence-corrected chi connectivity index (χ3v) is 10.1. The smallest absolute Gasteiger partial charge is 0.326 e. The van der Waals surface area contributed by atoms with Crippen molar-refractivity contribution in [1.29, 1.82) is 0 Å². The van der Waals surface area contributed by atoms with E-state index in [0.29, 0.717) is 45.1 Å². The number of hydrogen-bond donors (Lipinski definition) is 3. The van der Waals surface area contributed by atoms with Crippen molar-refractivity contribution < 1.29 is 24.2 Å². The fourth-order valence-electron chi connectivity index (χ4n) is 6.63. The van der Waals surface area contributed by atoms with E-state index in [1.54, 1.807) is 0 Å². The molecule has 0 aliphatic carbocycles. The lowest BCUT2D eigenvalue weighted by atomic mass is 10.0. The zero-order chi connectivity index (χ0) is 41.0. The summed E-state index contributed by atoms with van der Waals surface area (Å²) in [6.07, 6.45) is 54.2. The molecule has 0 saturated heterocycles. The number of carbonyl (C=O) groups is 3. The second-order valence-electron chi connectivity index (χ2n) is 15.4. The van der Waals surface area contributed by atoms with E-state index in [4.69, 9.17) is 10.5 Å². The molecule has 0 aromatic carbocycles.